The van der Waals surface area contributed by atoms with Crippen molar-refractivity contribution in [2.75, 3.05) is 33.3 Å². The molecular formula is C25H34N4O5. The Morgan fingerprint density at radius 3 is 2.59 bits per heavy atom. The van der Waals surface area contributed by atoms with Crippen molar-refractivity contribution >= 4 is 12.0 Å². The molecule has 1 unspecified atom stereocenters. The molecule has 1 fully saturated rings. The van der Waals surface area contributed by atoms with Gasteiger partial charge in [-0.2, -0.15) is 5.10 Å². The Morgan fingerprint density at radius 1 is 1.15 bits per heavy atom. The van der Waals surface area contributed by atoms with Gasteiger partial charge in [-0.15, -0.1) is 0 Å². The number of nitrogens with zero attached hydrogens (tertiary/aromatic N) is 4. The van der Waals surface area contributed by atoms with E-state index in [4.69, 9.17) is 9.47 Å². The number of carbonyl (C=O) groups is 2. The van der Waals surface area contributed by atoms with Crippen molar-refractivity contribution in [2.45, 2.75) is 45.8 Å². The molecule has 2 aromatic rings. The van der Waals surface area contributed by atoms with E-state index in [9.17, 15) is 14.4 Å². The molecule has 9 heteroatoms. The lowest BCUT2D eigenvalue weighted by atomic mass is 9.97. The smallest absolute Gasteiger partial charge is 0.410 e. The second kappa shape index (κ2) is 11.2. The minimum Gasteiger partial charge on any atom is -0.492 e. The number of ether oxygens (including phenoxy) is 2. The number of benzene rings is 1. The highest BCUT2D eigenvalue weighted by molar-refractivity contribution is 5.92. The highest BCUT2D eigenvalue weighted by atomic mass is 16.6. The van der Waals surface area contributed by atoms with E-state index in [1.807, 2.05) is 51.1 Å². The number of amides is 2. The first-order chi connectivity index (χ1) is 16.1. The molecule has 0 bridgehead atoms. The molecule has 9 nitrogen and oxygen atoms in total. The second-order valence-corrected chi connectivity index (χ2v) is 9.56. The van der Waals surface area contributed by atoms with Gasteiger partial charge >= 0.3 is 6.09 Å². The molecule has 184 valence electrons. The van der Waals surface area contributed by atoms with Gasteiger partial charge in [0.15, 0.2) is 0 Å². The molecule has 34 heavy (non-hydrogen) atoms. The molecule has 2 heterocycles. The van der Waals surface area contributed by atoms with Gasteiger partial charge in [-0.3, -0.25) is 9.59 Å². The fraction of sp³-hybridized carbons (Fsp3) is 0.520. The monoisotopic (exact) mass is 470 g/mol. The van der Waals surface area contributed by atoms with Crippen molar-refractivity contribution in [1.82, 2.24) is 19.6 Å². The topological polar surface area (TPSA) is 94.0 Å². The number of rotatable bonds is 7. The SMILES string of the molecule is CN(CC1CCCN(C(=O)c2ccc(=O)n(CCOc3ccccc3)n2)C1)C(=O)OC(C)(C)C. The van der Waals surface area contributed by atoms with Crippen molar-refractivity contribution in [2.24, 2.45) is 5.92 Å². The van der Waals surface area contributed by atoms with Crippen LogP contribution in [0.3, 0.4) is 0 Å². The zero-order chi connectivity index (χ0) is 24.7. The molecular weight excluding hydrogens is 436 g/mol. The van der Waals surface area contributed by atoms with E-state index in [1.54, 1.807) is 16.8 Å². The first kappa shape index (κ1) is 25.3. The van der Waals surface area contributed by atoms with Gasteiger partial charge in [0.1, 0.15) is 23.7 Å². The number of carbonyl (C=O) groups excluding carboxylic acids is 2. The lowest BCUT2D eigenvalue weighted by Gasteiger charge is -2.35. The maximum Gasteiger partial charge on any atom is 0.410 e. The minimum absolute atomic E-state index is 0.139. The van der Waals surface area contributed by atoms with Crippen LogP contribution in [0.5, 0.6) is 5.75 Å². The van der Waals surface area contributed by atoms with E-state index in [1.165, 1.54) is 16.8 Å². The molecule has 1 aliphatic rings. The summed E-state index contributed by atoms with van der Waals surface area (Å²) in [6.45, 7) is 7.63. The van der Waals surface area contributed by atoms with Crippen LogP contribution in [0.2, 0.25) is 0 Å². The molecule has 0 saturated carbocycles. The molecule has 1 saturated heterocycles. The predicted octanol–water partition coefficient (Wildman–Crippen LogP) is 3.04. The van der Waals surface area contributed by atoms with Gasteiger partial charge in [0.25, 0.3) is 11.5 Å². The van der Waals surface area contributed by atoms with Crippen molar-refractivity contribution < 1.29 is 19.1 Å². The van der Waals surface area contributed by atoms with Crippen LogP contribution < -0.4 is 10.3 Å². The van der Waals surface area contributed by atoms with E-state index >= 15 is 0 Å². The summed E-state index contributed by atoms with van der Waals surface area (Å²) in [6, 6.07) is 12.1. The van der Waals surface area contributed by atoms with Crippen LogP contribution in [-0.4, -0.2) is 70.5 Å². The number of aromatic nitrogens is 2. The zero-order valence-corrected chi connectivity index (χ0v) is 20.4. The van der Waals surface area contributed by atoms with Crippen LogP contribution in [0.4, 0.5) is 4.79 Å². The molecule has 1 aliphatic heterocycles. The van der Waals surface area contributed by atoms with Crippen molar-refractivity contribution in [3.05, 3.63) is 58.5 Å². The maximum atomic E-state index is 13.1. The Hall–Kier alpha value is -3.36. The lowest BCUT2D eigenvalue weighted by Crippen LogP contribution is -2.45. The Labute approximate surface area is 200 Å². The highest BCUT2D eigenvalue weighted by Crippen LogP contribution is 2.20. The van der Waals surface area contributed by atoms with Crippen LogP contribution in [0.1, 0.15) is 44.1 Å². The molecule has 0 aliphatic carbocycles. The van der Waals surface area contributed by atoms with Crippen LogP contribution in [-0.2, 0) is 11.3 Å². The van der Waals surface area contributed by atoms with Gasteiger partial charge in [-0.1, -0.05) is 18.2 Å². The van der Waals surface area contributed by atoms with Crippen molar-refractivity contribution in [1.29, 1.82) is 0 Å². The quantitative estimate of drug-likeness (QED) is 0.617. The van der Waals surface area contributed by atoms with Gasteiger partial charge in [0, 0.05) is 32.7 Å². The Balaban J connectivity index is 1.58. The summed E-state index contributed by atoms with van der Waals surface area (Å²) in [4.78, 5) is 40.9. The molecule has 1 aromatic carbocycles. The van der Waals surface area contributed by atoms with E-state index in [2.05, 4.69) is 5.10 Å². The first-order valence-corrected chi connectivity index (χ1v) is 11.6. The van der Waals surface area contributed by atoms with E-state index in [-0.39, 0.29) is 42.3 Å². The number of hydrogen-bond acceptors (Lipinski definition) is 6. The minimum atomic E-state index is -0.555. The molecule has 2 amide bonds. The van der Waals surface area contributed by atoms with E-state index in [0.717, 1.165) is 12.8 Å². The fourth-order valence-electron chi connectivity index (χ4n) is 3.85. The van der Waals surface area contributed by atoms with Crippen LogP contribution in [0, 0.1) is 5.92 Å². The van der Waals surface area contributed by atoms with Crippen molar-refractivity contribution in [3.63, 3.8) is 0 Å². The zero-order valence-electron chi connectivity index (χ0n) is 20.4. The Bertz CT molecular complexity index is 1030. The molecule has 3 rings (SSSR count). The standard InChI is InChI=1S/C25H34N4O5/c1-25(2,3)34-24(32)27(4)17-19-9-8-14-28(18-19)23(31)21-12-13-22(30)29(26-21)15-16-33-20-10-6-5-7-11-20/h5-7,10-13,19H,8-9,14-18H2,1-4H3. The summed E-state index contributed by atoms with van der Waals surface area (Å²) in [7, 11) is 1.71. The lowest BCUT2D eigenvalue weighted by molar-refractivity contribution is 0.0244. The molecule has 0 N–H and O–H groups in total. The van der Waals surface area contributed by atoms with Crippen LogP contribution in [0.25, 0.3) is 0 Å². The van der Waals surface area contributed by atoms with E-state index in [0.29, 0.717) is 25.4 Å². The number of piperidine rings is 1. The average molecular weight is 471 g/mol. The molecule has 1 atom stereocenters. The Morgan fingerprint density at radius 2 is 1.88 bits per heavy atom. The third-order valence-corrected chi connectivity index (χ3v) is 5.44. The maximum absolute atomic E-state index is 13.1. The number of likely N-dealkylation sites (tertiary alicyclic amines) is 1. The first-order valence-electron chi connectivity index (χ1n) is 11.6. The summed E-state index contributed by atoms with van der Waals surface area (Å²) in [5.41, 5.74) is -0.620. The summed E-state index contributed by atoms with van der Waals surface area (Å²) in [6.07, 6.45) is 1.38. The van der Waals surface area contributed by atoms with Crippen LogP contribution in [0.15, 0.2) is 47.3 Å². The summed E-state index contributed by atoms with van der Waals surface area (Å²) in [5, 5.41) is 4.28. The van der Waals surface area contributed by atoms with E-state index < -0.39 is 5.60 Å². The third-order valence-electron chi connectivity index (χ3n) is 5.44. The average Bonchev–Trinajstić information content (AvgIpc) is 2.79. The van der Waals surface area contributed by atoms with Crippen molar-refractivity contribution in [3.8, 4) is 5.75 Å². The van der Waals surface area contributed by atoms with Crippen LogP contribution >= 0.6 is 0 Å². The van der Waals surface area contributed by atoms with Gasteiger partial charge in [-0.05, 0) is 57.7 Å². The fourth-order valence-corrected chi connectivity index (χ4v) is 3.85. The number of hydrogen-bond donors (Lipinski definition) is 0. The molecule has 0 spiro atoms. The van der Waals surface area contributed by atoms with Gasteiger partial charge in [0.2, 0.25) is 0 Å². The molecule has 0 radical (unpaired) electrons. The van der Waals surface area contributed by atoms with Gasteiger partial charge in [-0.25, -0.2) is 9.48 Å². The highest BCUT2D eigenvalue weighted by Gasteiger charge is 2.28. The molecule has 1 aromatic heterocycles. The summed E-state index contributed by atoms with van der Waals surface area (Å²) in [5.74, 6) is 0.626. The largest absolute Gasteiger partial charge is 0.492 e. The summed E-state index contributed by atoms with van der Waals surface area (Å²) < 4.78 is 12.3. The van der Waals surface area contributed by atoms with Gasteiger partial charge < -0.3 is 19.3 Å². The predicted molar refractivity (Wildman–Crippen MR) is 128 cm³/mol. The third kappa shape index (κ3) is 7.33. The van der Waals surface area contributed by atoms with Gasteiger partial charge in [0.05, 0.1) is 6.54 Å². The second-order valence-electron chi connectivity index (χ2n) is 9.56. The number of para-hydroxylation sites is 1. The normalized spacial score (nSPS) is 16.1. The summed E-state index contributed by atoms with van der Waals surface area (Å²) >= 11 is 0. The Kier molecular flexibility index (Phi) is 8.31.